The van der Waals surface area contributed by atoms with Crippen LogP contribution >= 0.6 is 0 Å². The monoisotopic (exact) mass is 390 g/mol. The molecule has 154 valence electrons. The molecule has 0 aromatic heterocycles. The Bertz CT molecular complexity index is 562. The lowest BCUT2D eigenvalue weighted by Gasteiger charge is -2.08. The van der Waals surface area contributed by atoms with E-state index in [1.807, 2.05) is 0 Å². The summed E-state index contributed by atoms with van der Waals surface area (Å²) in [4.78, 5) is 24.2. The second kappa shape index (κ2) is 15.3. The molecule has 0 spiro atoms. The number of esters is 2. The van der Waals surface area contributed by atoms with Gasteiger partial charge in [-0.2, -0.15) is 0 Å². The summed E-state index contributed by atoms with van der Waals surface area (Å²) in [5, 5.41) is 0. The van der Waals surface area contributed by atoms with Gasteiger partial charge < -0.3 is 18.9 Å². The fraction of sp³-hybridized carbons (Fsp3) is 0.455. The highest BCUT2D eigenvalue weighted by molar-refractivity contribution is 5.95. The maximum Gasteiger partial charge on any atom is 0.338 e. The van der Waals surface area contributed by atoms with Crippen LogP contribution in [0.5, 0.6) is 0 Å². The largest absolute Gasteiger partial charge is 0.502 e. The van der Waals surface area contributed by atoms with E-state index in [2.05, 4.69) is 13.2 Å². The molecule has 6 heteroatoms. The predicted octanol–water partition coefficient (Wildman–Crippen LogP) is 4.66. The fourth-order valence-corrected chi connectivity index (χ4v) is 2.36. The molecule has 0 heterocycles. The molecule has 0 aliphatic rings. The summed E-state index contributed by atoms with van der Waals surface area (Å²) in [5.74, 6) is -0.890. The van der Waals surface area contributed by atoms with Gasteiger partial charge in [-0.3, -0.25) is 0 Å². The Morgan fingerprint density at radius 1 is 0.714 bits per heavy atom. The minimum Gasteiger partial charge on any atom is -0.502 e. The Hall–Kier alpha value is -2.76. The van der Waals surface area contributed by atoms with Gasteiger partial charge in [-0.1, -0.05) is 19.2 Å². The first-order valence-electron chi connectivity index (χ1n) is 9.58. The van der Waals surface area contributed by atoms with Crippen LogP contribution in [0.1, 0.15) is 59.2 Å². The Kier molecular flexibility index (Phi) is 12.7. The number of benzene rings is 1. The lowest BCUT2D eigenvalue weighted by Crippen LogP contribution is -2.10. The van der Waals surface area contributed by atoms with Crippen molar-refractivity contribution >= 4 is 11.9 Å². The van der Waals surface area contributed by atoms with Crippen LogP contribution in [0.3, 0.4) is 0 Å². The first-order valence-corrected chi connectivity index (χ1v) is 9.58. The van der Waals surface area contributed by atoms with Crippen LogP contribution in [0.25, 0.3) is 0 Å². The Labute approximate surface area is 167 Å². The Morgan fingerprint density at radius 2 is 1.14 bits per heavy atom. The van der Waals surface area contributed by atoms with Crippen molar-refractivity contribution in [2.75, 3.05) is 26.4 Å². The number of hydrogen-bond donors (Lipinski definition) is 0. The molecule has 0 aliphatic heterocycles. The normalized spacial score (nSPS) is 10.0. The van der Waals surface area contributed by atoms with Gasteiger partial charge in [0.05, 0.1) is 50.1 Å². The van der Waals surface area contributed by atoms with E-state index < -0.39 is 11.9 Å². The number of rotatable bonds is 16. The van der Waals surface area contributed by atoms with Gasteiger partial charge in [0.1, 0.15) is 0 Å². The van der Waals surface area contributed by atoms with Gasteiger partial charge in [0.2, 0.25) is 0 Å². The van der Waals surface area contributed by atoms with Crippen LogP contribution in [0.4, 0.5) is 0 Å². The van der Waals surface area contributed by atoms with Gasteiger partial charge in [0, 0.05) is 0 Å². The summed E-state index contributed by atoms with van der Waals surface area (Å²) in [6, 6.07) is 6.39. The van der Waals surface area contributed by atoms with Crippen molar-refractivity contribution in [3.8, 4) is 0 Å². The van der Waals surface area contributed by atoms with E-state index in [1.54, 1.807) is 18.2 Å². The van der Waals surface area contributed by atoms with Gasteiger partial charge in [-0.05, 0) is 56.7 Å². The zero-order valence-electron chi connectivity index (χ0n) is 16.4. The highest BCUT2D eigenvalue weighted by Gasteiger charge is 2.12. The summed E-state index contributed by atoms with van der Waals surface area (Å²) in [6.45, 7) is 8.84. The van der Waals surface area contributed by atoms with E-state index in [9.17, 15) is 9.59 Å². The average molecular weight is 390 g/mol. The molecular formula is C22H30O6. The summed E-state index contributed by atoms with van der Waals surface area (Å²) >= 11 is 0. The molecule has 0 aliphatic carbocycles. The highest BCUT2D eigenvalue weighted by atomic mass is 16.5. The highest BCUT2D eigenvalue weighted by Crippen LogP contribution is 2.10. The maximum atomic E-state index is 12.1. The van der Waals surface area contributed by atoms with E-state index in [0.29, 0.717) is 37.6 Å². The molecule has 1 rings (SSSR count). The van der Waals surface area contributed by atoms with Crippen LogP contribution in [-0.2, 0) is 18.9 Å². The molecule has 1 aromatic carbocycles. The third-order valence-corrected chi connectivity index (χ3v) is 3.85. The number of ether oxygens (including phenoxy) is 4. The van der Waals surface area contributed by atoms with Crippen LogP contribution in [-0.4, -0.2) is 38.4 Å². The topological polar surface area (TPSA) is 71.1 Å². The lowest BCUT2D eigenvalue weighted by atomic mass is 10.1. The van der Waals surface area contributed by atoms with Crippen molar-refractivity contribution < 1.29 is 28.5 Å². The van der Waals surface area contributed by atoms with Crippen molar-refractivity contribution in [2.45, 2.75) is 38.5 Å². The van der Waals surface area contributed by atoms with Gasteiger partial charge in [-0.25, -0.2) is 9.59 Å². The van der Waals surface area contributed by atoms with Crippen molar-refractivity contribution in [3.05, 3.63) is 61.1 Å². The van der Waals surface area contributed by atoms with Gasteiger partial charge in [0.25, 0.3) is 0 Å². The van der Waals surface area contributed by atoms with Crippen molar-refractivity contribution in [1.82, 2.24) is 0 Å². The molecule has 0 saturated carbocycles. The fourth-order valence-electron chi connectivity index (χ4n) is 2.36. The molecule has 28 heavy (non-hydrogen) atoms. The molecule has 1 aromatic rings. The van der Waals surface area contributed by atoms with E-state index in [4.69, 9.17) is 18.9 Å². The lowest BCUT2D eigenvalue weighted by molar-refractivity contribution is 0.0495. The number of hydrogen-bond acceptors (Lipinski definition) is 6. The SMILES string of the molecule is C=COCCCCCOC(=O)c1cccc(C(=O)OCCCCCOC=C)c1. The minimum atomic E-state index is -0.445. The molecule has 0 amide bonds. The molecule has 0 N–H and O–H groups in total. The van der Waals surface area contributed by atoms with Crippen LogP contribution in [0.2, 0.25) is 0 Å². The molecular weight excluding hydrogens is 360 g/mol. The standard InChI is InChI=1S/C22H30O6/c1-3-25-14-7-5-9-16-27-21(23)19-12-11-13-20(18-19)22(24)28-17-10-6-8-15-26-4-2/h3-4,11-13,18H,1-2,5-10,14-17H2. The summed E-state index contributed by atoms with van der Waals surface area (Å²) < 4.78 is 20.5. The summed E-state index contributed by atoms with van der Waals surface area (Å²) in [7, 11) is 0. The minimum absolute atomic E-state index is 0.331. The zero-order valence-corrected chi connectivity index (χ0v) is 16.4. The average Bonchev–Trinajstić information content (AvgIpc) is 2.72. The molecule has 0 atom stereocenters. The third-order valence-electron chi connectivity index (χ3n) is 3.85. The van der Waals surface area contributed by atoms with E-state index >= 15 is 0 Å². The van der Waals surface area contributed by atoms with Gasteiger partial charge in [-0.15, -0.1) is 0 Å². The summed E-state index contributed by atoms with van der Waals surface area (Å²) in [5.41, 5.74) is 0.678. The van der Waals surface area contributed by atoms with E-state index in [-0.39, 0.29) is 0 Å². The summed E-state index contributed by atoms with van der Waals surface area (Å²) in [6.07, 6.45) is 7.89. The van der Waals surface area contributed by atoms with Crippen molar-refractivity contribution in [2.24, 2.45) is 0 Å². The van der Waals surface area contributed by atoms with Crippen LogP contribution in [0, 0.1) is 0 Å². The number of carbonyl (C=O) groups excluding carboxylic acids is 2. The Morgan fingerprint density at radius 3 is 1.57 bits per heavy atom. The van der Waals surface area contributed by atoms with E-state index in [1.165, 1.54) is 18.6 Å². The maximum absolute atomic E-state index is 12.1. The molecule has 0 saturated heterocycles. The van der Waals surface area contributed by atoms with Crippen molar-refractivity contribution in [3.63, 3.8) is 0 Å². The molecule has 0 unspecified atom stereocenters. The first-order chi connectivity index (χ1) is 13.7. The first kappa shape index (κ1) is 23.3. The molecule has 6 nitrogen and oxygen atoms in total. The third kappa shape index (κ3) is 10.4. The molecule has 0 fully saturated rings. The molecule has 0 radical (unpaired) electrons. The second-order valence-corrected chi connectivity index (χ2v) is 6.05. The quantitative estimate of drug-likeness (QED) is 0.232. The second-order valence-electron chi connectivity index (χ2n) is 6.05. The Balaban J connectivity index is 2.29. The molecule has 0 bridgehead atoms. The number of carbonyl (C=O) groups is 2. The smallest absolute Gasteiger partial charge is 0.338 e. The zero-order chi connectivity index (χ0) is 20.5. The number of unbranched alkanes of at least 4 members (excludes halogenated alkanes) is 4. The van der Waals surface area contributed by atoms with E-state index in [0.717, 1.165) is 38.5 Å². The van der Waals surface area contributed by atoms with Crippen LogP contribution in [0.15, 0.2) is 49.9 Å². The van der Waals surface area contributed by atoms with Crippen LogP contribution < -0.4 is 0 Å². The van der Waals surface area contributed by atoms with Gasteiger partial charge in [0.15, 0.2) is 0 Å². The van der Waals surface area contributed by atoms with Gasteiger partial charge >= 0.3 is 11.9 Å². The van der Waals surface area contributed by atoms with Crippen molar-refractivity contribution in [1.29, 1.82) is 0 Å². The predicted molar refractivity (Wildman–Crippen MR) is 107 cm³/mol.